The molecule has 1 N–H and O–H groups in total. The molecule has 0 amide bonds. The predicted molar refractivity (Wildman–Crippen MR) is 107 cm³/mol. The molecule has 0 aliphatic heterocycles. The van der Waals surface area contributed by atoms with Gasteiger partial charge in [0.1, 0.15) is 0 Å². The fourth-order valence-corrected chi connectivity index (χ4v) is 4.06. The lowest BCUT2D eigenvalue weighted by atomic mass is 9.96. The van der Waals surface area contributed by atoms with Crippen molar-refractivity contribution in [1.29, 1.82) is 0 Å². The molecular formula is C22H23NO3S. The van der Waals surface area contributed by atoms with Crippen LogP contribution in [0.3, 0.4) is 0 Å². The third kappa shape index (κ3) is 4.81. The molecule has 0 fully saturated rings. The van der Waals surface area contributed by atoms with Crippen LogP contribution in [0.25, 0.3) is 11.1 Å². The summed E-state index contributed by atoms with van der Waals surface area (Å²) in [4.78, 5) is 4.61. The Bertz CT molecular complexity index is 997. The average molecular weight is 381 g/mol. The second-order valence-corrected chi connectivity index (χ2v) is 8.65. The number of nitrogens with zero attached hydrogens (tertiary/aromatic N) is 1. The number of benzene rings is 2. The maximum absolute atomic E-state index is 12.1. The van der Waals surface area contributed by atoms with E-state index in [1.165, 1.54) is 5.56 Å². The fraction of sp³-hybridized carbons (Fsp3) is 0.227. The summed E-state index contributed by atoms with van der Waals surface area (Å²) in [5, 5.41) is 8.91. The number of aromatic nitrogens is 1. The third-order valence-corrected chi connectivity index (χ3v) is 6.29. The molecule has 0 aliphatic rings. The van der Waals surface area contributed by atoms with Crippen LogP contribution < -0.4 is 0 Å². The lowest BCUT2D eigenvalue weighted by Gasteiger charge is -2.10. The van der Waals surface area contributed by atoms with E-state index in [1.807, 2.05) is 43.5 Å². The summed E-state index contributed by atoms with van der Waals surface area (Å²) in [7, 11) is -3.42. The van der Waals surface area contributed by atoms with Gasteiger partial charge in [0.25, 0.3) is 0 Å². The highest BCUT2D eigenvalue weighted by Gasteiger charge is 2.14. The molecule has 0 bridgehead atoms. The zero-order valence-electron chi connectivity index (χ0n) is 15.3. The fourth-order valence-electron chi connectivity index (χ4n) is 3.03. The molecule has 0 saturated carbocycles. The van der Waals surface area contributed by atoms with Crippen LogP contribution in [0, 0.1) is 6.92 Å². The van der Waals surface area contributed by atoms with E-state index in [2.05, 4.69) is 23.2 Å². The molecule has 3 aromatic rings. The molecule has 3 rings (SSSR count). The minimum atomic E-state index is -3.42. The van der Waals surface area contributed by atoms with Gasteiger partial charge in [0, 0.05) is 11.9 Å². The molecule has 0 radical (unpaired) electrons. The van der Waals surface area contributed by atoms with E-state index in [4.69, 9.17) is 5.11 Å². The first-order chi connectivity index (χ1) is 13.0. The smallest absolute Gasteiger partial charge is 0.180 e. The molecule has 1 heterocycles. The van der Waals surface area contributed by atoms with Crippen molar-refractivity contribution in [2.75, 3.05) is 12.4 Å². The van der Waals surface area contributed by atoms with Crippen LogP contribution in [-0.2, 0) is 22.7 Å². The molecule has 0 unspecified atom stereocenters. The van der Waals surface area contributed by atoms with Crippen LogP contribution in [0.1, 0.15) is 16.8 Å². The Labute approximate surface area is 160 Å². The van der Waals surface area contributed by atoms with Crippen LogP contribution >= 0.6 is 0 Å². The van der Waals surface area contributed by atoms with E-state index in [0.29, 0.717) is 0 Å². The SMILES string of the molecule is Cc1ccc(CCc2ccccn2)cc1-c1ccc(S(=O)(=O)CCO)cc1. The van der Waals surface area contributed by atoms with E-state index in [9.17, 15) is 8.42 Å². The van der Waals surface area contributed by atoms with Crippen molar-refractivity contribution in [2.24, 2.45) is 0 Å². The van der Waals surface area contributed by atoms with Crippen molar-refractivity contribution in [2.45, 2.75) is 24.7 Å². The van der Waals surface area contributed by atoms with Crippen molar-refractivity contribution in [3.05, 3.63) is 83.7 Å². The maximum Gasteiger partial charge on any atom is 0.180 e. The standard InChI is InChI=1S/C22H23NO3S/c1-17-5-6-18(7-10-20-4-2-3-13-23-20)16-22(17)19-8-11-21(12-9-19)27(25,26)15-14-24/h2-6,8-9,11-13,16,24H,7,10,14-15H2,1H3. The van der Waals surface area contributed by atoms with Crippen molar-refractivity contribution in [3.63, 3.8) is 0 Å². The van der Waals surface area contributed by atoms with Gasteiger partial charge in [-0.2, -0.15) is 0 Å². The number of aryl methyl sites for hydroxylation is 3. The van der Waals surface area contributed by atoms with Crippen molar-refractivity contribution in [1.82, 2.24) is 4.98 Å². The van der Waals surface area contributed by atoms with E-state index in [0.717, 1.165) is 35.2 Å². The Kier molecular flexibility index (Phi) is 6.04. The minimum Gasteiger partial charge on any atom is -0.395 e. The molecule has 2 aromatic carbocycles. The number of rotatable bonds is 7. The van der Waals surface area contributed by atoms with Gasteiger partial charge in [-0.1, -0.05) is 36.4 Å². The highest BCUT2D eigenvalue weighted by molar-refractivity contribution is 7.91. The summed E-state index contributed by atoms with van der Waals surface area (Å²) in [5.74, 6) is -0.256. The first-order valence-electron chi connectivity index (χ1n) is 8.93. The van der Waals surface area contributed by atoms with Gasteiger partial charge in [0.2, 0.25) is 0 Å². The number of hydrogen-bond acceptors (Lipinski definition) is 4. The van der Waals surface area contributed by atoms with E-state index in [1.54, 1.807) is 12.1 Å². The first-order valence-corrected chi connectivity index (χ1v) is 10.6. The highest BCUT2D eigenvalue weighted by Crippen LogP contribution is 2.26. The molecule has 0 spiro atoms. The summed E-state index contributed by atoms with van der Waals surface area (Å²) < 4.78 is 24.1. The Hall–Kier alpha value is -2.50. The molecule has 1 aromatic heterocycles. The van der Waals surface area contributed by atoms with Crippen LogP contribution in [0.2, 0.25) is 0 Å². The first kappa shape index (κ1) is 19.3. The summed E-state index contributed by atoms with van der Waals surface area (Å²) >= 11 is 0. The number of aliphatic hydroxyl groups excluding tert-OH is 1. The van der Waals surface area contributed by atoms with Gasteiger partial charge in [-0.3, -0.25) is 4.98 Å². The van der Waals surface area contributed by atoms with E-state index >= 15 is 0 Å². The van der Waals surface area contributed by atoms with Gasteiger partial charge >= 0.3 is 0 Å². The van der Waals surface area contributed by atoms with Crippen molar-refractivity contribution >= 4 is 9.84 Å². The second kappa shape index (κ2) is 8.46. The normalized spacial score (nSPS) is 11.5. The Morgan fingerprint density at radius 1 is 0.963 bits per heavy atom. The van der Waals surface area contributed by atoms with Gasteiger partial charge in [-0.15, -0.1) is 0 Å². The third-order valence-electron chi connectivity index (χ3n) is 4.58. The molecule has 27 heavy (non-hydrogen) atoms. The van der Waals surface area contributed by atoms with E-state index in [-0.39, 0.29) is 17.3 Å². The molecule has 140 valence electrons. The van der Waals surface area contributed by atoms with Gasteiger partial charge in [-0.05, 0) is 66.3 Å². The van der Waals surface area contributed by atoms with Crippen molar-refractivity contribution < 1.29 is 13.5 Å². The van der Waals surface area contributed by atoms with Gasteiger partial charge in [0.15, 0.2) is 9.84 Å². The zero-order valence-corrected chi connectivity index (χ0v) is 16.1. The van der Waals surface area contributed by atoms with Gasteiger partial charge in [-0.25, -0.2) is 8.42 Å². The average Bonchev–Trinajstić information content (AvgIpc) is 2.68. The Morgan fingerprint density at radius 3 is 2.41 bits per heavy atom. The molecule has 0 atom stereocenters. The van der Waals surface area contributed by atoms with Crippen LogP contribution in [-0.4, -0.2) is 30.9 Å². The highest BCUT2D eigenvalue weighted by atomic mass is 32.2. The van der Waals surface area contributed by atoms with E-state index < -0.39 is 9.84 Å². The Balaban J connectivity index is 1.82. The topological polar surface area (TPSA) is 67.3 Å². The lowest BCUT2D eigenvalue weighted by Crippen LogP contribution is -2.09. The van der Waals surface area contributed by atoms with Crippen LogP contribution in [0.4, 0.5) is 0 Å². The predicted octanol–water partition coefficient (Wildman–Crippen LogP) is 3.61. The number of pyridine rings is 1. The van der Waals surface area contributed by atoms with Crippen molar-refractivity contribution in [3.8, 4) is 11.1 Å². The number of sulfone groups is 1. The van der Waals surface area contributed by atoms with Gasteiger partial charge in [0.05, 0.1) is 17.3 Å². The van der Waals surface area contributed by atoms with Crippen LogP contribution in [0.15, 0.2) is 71.8 Å². The summed E-state index contributed by atoms with van der Waals surface area (Å²) in [6, 6.07) is 19.2. The second-order valence-electron chi connectivity index (χ2n) is 6.54. The molecular weight excluding hydrogens is 358 g/mol. The molecule has 0 saturated heterocycles. The van der Waals surface area contributed by atoms with Gasteiger partial charge < -0.3 is 5.11 Å². The number of aliphatic hydroxyl groups is 1. The largest absolute Gasteiger partial charge is 0.395 e. The zero-order chi connectivity index (χ0) is 19.3. The molecule has 0 aliphatic carbocycles. The Morgan fingerprint density at radius 2 is 1.74 bits per heavy atom. The maximum atomic E-state index is 12.1. The lowest BCUT2D eigenvalue weighted by molar-refractivity contribution is 0.319. The monoisotopic (exact) mass is 381 g/mol. The molecule has 5 heteroatoms. The quantitative estimate of drug-likeness (QED) is 0.679. The minimum absolute atomic E-state index is 0.240. The summed E-state index contributed by atoms with van der Waals surface area (Å²) in [5.41, 5.74) is 5.51. The summed E-state index contributed by atoms with van der Waals surface area (Å²) in [6.07, 6.45) is 3.58. The molecule has 4 nitrogen and oxygen atoms in total. The number of hydrogen-bond donors (Lipinski definition) is 1. The van der Waals surface area contributed by atoms with Crippen LogP contribution in [0.5, 0.6) is 0 Å². The summed E-state index contributed by atoms with van der Waals surface area (Å²) in [6.45, 7) is 1.68.